The van der Waals surface area contributed by atoms with Gasteiger partial charge in [-0.1, -0.05) is 0 Å². The molecule has 80 valence electrons. The van der Waals surface area contributed by atoms with Gasteiger partial charge in [-0.25, -0.2) is 0 Å². The molecule has 1 N–H and O–H groups in total. The normalized spacial score (nSPS) is 44.8. The molecule has 3 atom stereocenters. The monoisotopic (exact) mass is 196 g/mol. The molecule has 0 aromatic carbocycles. The minimum absolute atomic E-state index is 0.0216. The first-order chi connectivity index (χ1) is 6.84. The van der Waals surface area contributed by atoms with E-state index in [1.807, 2.05) is 0 Å². The highest BCUT2D eigenvalue weighted by molar-refractivity contribution is 4.98. The van der Waals surface area contributed by atoms with Crippen LogP contribution < -0.4 is 0 Å². The van der Waals surface area contributed by atoms with Gasteiger partial charge in [-0.3, -0.25) is 0 Å². The zero-order valence-electron chi connectivity index (χ0n) is 8.69. The Hall–Kier alpha value is -0.0800. The van der Waals surface area contributed by atoms with Gasteiger partial charge in [-0.2, -0.15) is 0 Å². The topological polar surface area (TPSA) is 29.5 Å². The Bertz CT molecular complexity index is 198. The predicted molar refractivity (Wildman–Crippen MR) is 53.9 cm³/mol. The van der Waals surface area contributed by atoms with Crippen LogP contribution in [0, 0.1) is 23.7 Å². The number of fused-ring (bicyclic) bond motifs is 1. The van der Waals surface area contributed by atoms with Crippen molar-refractivity contribution >= 4 is 0 Å². The summed E-state index contributed by atoms with van der Waals surface area (Å²) in [6, 6.07) is 0. The summed E-state index contributed by atoms with van der Waals surface area (Å²) >= 11 is 0. The van der Waals surface area contributed by atoms with E-state index in [-0.39, 0.29) is 6.10 Å². The van der Waals surface area contributed by atoms with Gasteiger partial charge in [-0.05, 0) is 55.8 Å². The van der Waals surface area contributed by atoms with Gasteiger partial charge in [0.25, 0.3) is 0 Å². The maximum Gasteiger partial charge on any atom is 0.0598 e. The largest absolute Gasteiger partial charge is 0.393 e. The average Bonchev–Trinajstić information content (AvgIpc) is 2.86. The Morgan fingerprint density at radius 2 is 1.57 bits per heavy atom. The summed E-state index contributed by atoms with van der Waals surface area (Å²) in [7, 11) is 0. The van der Waals surface area contributed by atoms with E-state index in [4.69, 9.17) is 4.74 Å². The van der Waals surface area contributed by atoms with Crippen molar-refractivity contribution in [3.8, 4) is 0 Å². The second kappa shape index (κ2) is 3.49. The first-order valence-corrected chi connectivity index (χ1v) is 6.10. The summed E-state index contributed by atoms with van der Waals surface area (Å²) < 4.78 is 5.33. The summed E-state index contributed by atoms with van der Waals surface area (Å²) in [5.74, 6) is 3.15. The van der Waals surface area contributed by atoms with Crippen LogP contribution in [0.3, 0.4) is 0 Å². The van der Waals surface area contributed by atoms with E-state index in [2.05, 4.69) is 0 Å². The van der Waals surface area contributed by atoms with Gasteiger partial charge in [0.1, 0.15) is 0 Å². The lowest BCUT2D eigenvalue weighted by molar-refractivity contribution is -0.0184. The number of hydrogen-bond donors (Lipinski definition) is 1. The van der Waals surface area contributed by atoms with Crippen LogP contribution in [-0.4, -0.2) is 24.4 Å². The molecule has 2 nitrogen and oxygen atoms in total. The van der Waals surface area contributed by atoms with Crippen molar-refractivity contribution in [2.24, 2.45) is 23.7 Å². The molecule has 2 aliphatic carbocycles. The van der Waals surface area contributed by atoms with E-state index in [9.17, 15) is 5.11 Å². The lowest BCUT2D eigenvalue weighted by Gasteiger charge is -2.31. The Kier molecular flexibility index (Phi) is 2.29. The van der Waals surface area contributed by atoms with Crippen LogP contribution in [0.25, 0.3) is 0 Å². The molecule has 1 aliphatic heterocycles. The van der Waals surface area contributed by atoms with Crippen LogP contribution in [0.1, 0.15) is 32.1 Å². The number of aliphatic hydroxyl groups excluding tert-OH is 1. The number of ether oxygens (including phenoxy) is 1. The first kappa shape index (κ1) is 9.17. The van der Waals surface area contributed by atoms with Crippen LogP contribution >= 0.6 is 0 Å². The van der Waals surface area contributed by atoms with Crippen molar-refractivity contribution < 1.29 is 9.84 Å². The van der Waals surface area contributed by atoms with Crippen LogP contribution in [0.2, 0.25) is 0 Å². The Morgan fingerprint density at radius 1 is 0.929 bits per heavy atom. The highest BCUT2D eigenvalue weighted by atomic mass is 16.5. The van der Waals surface area contributed by atoms with Gasteiger partial charge in [0, 0.05) is 13.2 Å². The molecule has 0 aromatic rings. The SMILES string of the molecule is OC(C1CCOCC1)C1CC2CC2C1. The number of hydrogen-bond acceptors (Lipinski definition) is 2. The summed E-state index contributed by atoms with van der Waals surface area (Å²) in [6.07, 6.45) is 6.20. The zero-order valence-corrected chi connectivity index (χ0v) is 8.69. The predicted octanol–water partition coefficient (Wildman–Crippen LogP) is 1.82. The lowest BCUT2D eigenvalue weighted by Crippen LogP contribution is -2.32. The van der Waals surface area contributed by atoms with Crippen molar-refractivity contribution in [2.75, 3.05) is 13.2 Å². The van der Waals surface area contributed by atoms with Crippen LogP contribution in [0.5, 0.6) is 0 Å². The molecule has 0 spiro atoms. The van der Waals surface area contributed by atoms with E-state index in [0.29, 0.717) is 11.8 Å². The van der Waals surface area contributed by atoms with Gasteiger partial charge >= 0.3 is 0 Å². The van der Waals surface area contributed by atoms with Crippen LogP contribution in [0.4, 0.5) is 0 Å². The zero-order chi connectivity index (χ0) is 9.54. The van der Waals surface area contributed by atoms with Crippen molar-refractivity contribution in [3.63, 3.8) is 0 Å². The quantitative estimate of drug-likeness (QED) is 0.730. The fraction of sp³-hybridized carbons (Fsp3) is 1.00. The van der Waals surface area contributed by atoms with Gasteiger partial charge in [0.05, 0.1) is 6.10 Å². The molecule has 0 amide bonds. The van der Waals surface area contributed by atoms with Crippen LogP contribution in [0.15, 0.2) is 0 Å². The smallest absolute Gasteiger partial charge is 0.0598 e. The molecule has 3 aliphatic rings. The second-order valence-electron chi connectivity index (χ2n) is 5.43. The average molecular weight is 196 g/mol. The summed E-state index contributed by atoms with van der Waals surface area (Å²) in [6.45, 7) is 1.72. The van der Waals surface area contributed by atoms with Gasteiger partial charge in [-0.15, -0.1) is 0 Å². The van der Waals surface area contributed by atoms with Crippen molar-refractivity contribution in [1.29, 1.82) is 0 Å². The van der Waals surface area contributed by atoms with Crippen molar-refractivity contribution in [1.82, 2.24) is 0 Å². The van der Waals surface area contributed by atoms with E-state index < -0.39 is 0 Å². The van der Waals surface area contributed by atoms with E-state index in [1.165, 1.54) is 19.3 Å². The van der Waals surface area contributed by atoms with Gasteiger partial charge in [0.2, 0.25) is 0 Å². The molecular weight excluding hydrogens is 176 g/mol. The molecule has 0 bridgehead atoms. The summed E-state index contributed by atoms with van der Waals surface area (Å²) in [5.41, 5.74) is 0. The fourth-order valence-corrected chi connectivity index (χ4v) is 3.48. The minimum atomic E-state index is -0.0216. The third kappa shape index (κ3) is 1.59. The van der Waals surface area contributed by atoms with E-state index >= 15 is 0 Å². The maximum atomic E-state index is 10.3. The Balaban J connectivity index is 1.55. The summed E-state index contributed by atoms with van der Waals surface area (Å²) in [4.78, 5) is 0. The third-order valence-corrected chi connectivity index (χ3v) is 4.51. The fourth-order valence-electron chi connectivity index (χ4n) is 3.48. The van der Waals surface area contributed by atoms with E-state index in [1.54, 1.807) is 0 Å². The van der Waals surface area contributed by atoms with Gasteiger partial charge in [0.15, 0.2) is 0 Å². The molecule has 0 radical (unpaired) electrons. The highest BCUT2D eigenvalue weighted by Gasteiger charge is 2.48. The molecular formula is C12H20O2. The molecule has 3 fully saturated rings. The Labute approximate surface area is 85.6 Å². The third-order valence-electron chi connectivity index (χ3n) is 4.51. The molecule has 1 saturated heterocycles. The first-order valence-electron chi connectivity index (χ1n) is 6.10. The number of rotatable bonds is 2. The van der Waals surface area contributed by atoms with Crippen LogP contribution in [-0.2, 0) is 4.74 Å². The summed E-state index contributed by atoms with van der Waals surface area (Å²) in [5, 5.41) is 10.3. The lowest BCUT2D eigenvalue weighted by atomic mass is 9.83. The van der Waals surface area contributed by atoms with Crippen molar-refractivity contribution in [3.05, 3.63) is 0 Å². The molecule has 2 saturated carbocycles. The molecule has 3 rings (SSSR count). The van der Waals surface area contributed by atoms with Crippen molar-refractivity contribution in [2.45, 2.75) is 38.2 Å². The molecule has 3 unspecified atom stereocenters. The standard InChI is InChI=1S/C12H20O2/c13-12(8-1-3-14-4-2-8)11-6-9-5-10(9)7-11/h8-13H,1-7H2. The molecule has 14 heavy (non-hydrogen) atoms. The second-order valence-corrected chi connectivity index (χ2v) is 5.43. The maximum absolute atomic E-state index is 10.3. The molecule has 0 aromatic heterocycles. The molecule has 1 heterocycles. The van der Waals surface area contributed by atoms with Gasteiger partial charge < -0.3 is 9.84 Å². The van der Waals surface area contributed by atoms with E-state index in [0.717, 1.165) is 37.9 Å². The Morgan fingerprint density at radius 3 is 2.21 bits per heavy atom. The highest BCUT2D eigenvalue weighted by Crippen LogP contribution is 2.56. The minimum Gasteiger partial charge on any atom is -0.393 e. The molecule has 2 heteroatoms. The number of aliphatic hydroxyl groups is 1.